The van der Waals surface area contributed by atoms with E-state index < -0.39 is 22.6 Å². The summed E-state index contributed by atoms with van der Waals surface area (Å²) in [6, 6.07) is 8.74. The molecule has 2 rings (SSSR count). The first-order chi connectivity index (χ1) is 13.2. The first-order valence-corrected chi connectivity index (χ1v) is 8.41. The lowest BCUT2D eigenvalue weighted by molar-refractivity contribution is -0.385. The van der Waals surface area contributed by atoms with Crippen LogP contribution in [-0.4, -0.2) is 41.3 Å². The number of hydrogen-bond donors (Lipinski definition) is 1. The Morgan fingerprint density at radius 2 is 1.86 bits per heavy atom. The van der Waals surface area contributed by atoms with Gasteiger partial charge in [-0.25, -0.2) is 4.39 Å². The summed E-state index contributed by atoms with van der Waals surface area (Å²) in [4.78, 5) is 36.9. The summed E-state index contributed by atoms with van der Waals surface area (Å²) in [5, 5.41) is 13.8. The molecular weight excluding hydrogens is 369 g/mol. The average Bonchev–Trinajstić information content (AvgIpc) is 2.66. The van der Waals surface area contributed by atoms with Crippen molar-refractivity contribution in [2.24, 2.45) is 0 Å². The zero-order valence-corrected chi connectivity index (χ0v) is 15.6. The van der Waals surface area contributed by atoms with E-state index in [0.29, 0.717) is 5.69 Å². The van der Waals surface area contributed by atoms with Crippen molar-refractivity contribution in [1.82, 2.24) is 4.90 Å². The zero-order valence-electron chi connectivity index (χ0n) is 15.6. The minimum atomic E-state index is -0.642. The number of rotatable bonds is 7. The number of carbonyl (C=O) groups is 2. The second-order valence-electron chi connectivity index (χ2n) is 6.23. The van der Waals surface area contributed by atoms with Gasteiger partial charge in [0.05, 0.1) is 12.0 Å². The van der Waals surface area contributed by atoms with Gasteiger partial charge in [-0.3, -0.25) is 19.7 Å². The molecule has 0 saturated carbocycles. The molecule has 8 nitrogen and oxygen atoms in total. The fourth-order valence-electron chi connectivity index (χ4n) is 2.51. The molecular formula is C19H20FN3O5. The van der Waals surface area contributed by atoms with Gasteiger partial charge in [0.1, 0.15) is 12.4 Å². The number of methoxy groups -OCH3 is 1. The molecule has 2 aromatic carbocycles. The topological polar surface area (TPSA) is 102 Å². The maximum atomic E-state index is 13.0. The first-order valence-electron chi connectivity index (χ1n) is 8.41. The van der Waals surface area contributed by atoms with E-state index in [2.05, 4.69) is 5.32 Å². The maximum absolute atomic E-state index is 13.0. The lowest BCUT2D eigenvalue weighted by Gasteiger charge is -2.26. The molecule has 0 aromatic heterocycles. The molecule has 0 heterocycles. The Hall–Kier alpha value is -3.49. The first kappa shape index (κ1) is 20.8. The third-order valence-electron chi connectivity index (χ3n) is 3.95. The van der Waals surface area contributed by atoms with Crippen LogP contribution in [0.25, 0.3) is 0 Å². The summed E-state index contributed by atoms with van der Waals surface area (Å²) in [5.41, 5.74) is 0.117. The molecule has 0 atom stereocenters. The monoisotopic (exact) mass is 389 g/mol. The fraction of sp³-hybridized carbons (Fsp3) is 0.263. The van der Waals surface area contributed by atoms with E-state index in [1.165, 1.54) is 48.4 Å². The number of anilines is 1. The molecule has 148 valence electrons. The van der Waals surface area contributed by atoms with Gasteiger partial charge in [0.25, 0.3) is 5.91 Å². The van der Waals surface area contributed by atoms with Crippen molar-refractivity contribution in [3.05, 3.63) is 64.0 Å². The molecule has 28 heavy (non-hydrogen) atoms. The molecule has 0 aliphatic carbocycles. The van der Waals surface area contributed by atoms with Crippen molar-refractivity contribution in [1.29, 1.82) is 0 Å². The molecule has 0 saturated heterocycles. The van der Waals surface area contributed by atoms with Gasteiger partial charge in [0.15, 0.2) is 5.75 Å². The molecule has 0 radical (unpaired) electrons. The number of nitro groups is 1. The van der Waals surface area contributed by atoms with Gasteiger partial charge in [0, 0.05) is 23.4 Å². The largest absolute Gasteiger partial charge is 0.490 e. The summed E-state index contributed by atoms with van der Waals surface area (Å²) in [6.45, 7) is 3.18. The maximum Gasteiger partial charge on any atom is 0.311 e. The predicted octanol–water partition coefficient (Wildman–Crippen LogP) is 3.23. The lowest BCUT2D eigenvalue weighted by atomic mass is 10.1. The van der Waals surface area contributed by atoms with Crippen molar-refractivity contribution in [3.63, 3.8) is 0 Å². The van der Waals surface area contributed by atoms with E-state index in [4.69, 9.17) is 4.74 Å². The Morgan fingerprint density at radius 3 is 2.39 bits per heavy atom. The normalized spacial score (nSPS) is 10.5. The molecule has 0 bridgehead atoms. The highest BCUT2D eigenvalue weighted by molar-refractivity contribution is 6.00. The summed E-state index contributed by atoms with van der Waals surface area (Å²) < 4.78 is 17.9. The Kier molecular flexibility index (Phi) is 6.64. The quantitative estimate of drug-likeness (QED) is 0.579. The number of nitrogens with zero attached hydrogens (tertiary/aromatic N) is 2. The third kappa shape index (κ3) is 5.03. The Labute approximate surface area is 161 Å². The van der Waals surface area contributed by atoms with E-state index in [9.17, 15) is 24.1 Å². The SMILES string of the molecule is COc1ccc(C(=O)N(CC(=O)Nc2ccc(F)cc2)C(C)C)cc1[N+](=O)[O-]. The van der Waals surface area contributed by atoms with Gasteiger partial charge in [-0.1, -0.05) is 0 Å². The van der Waals surface area contributed by atoms with Gasteiger partial charge >= 0.3 is 5.69 Å². The Bertz CT molecular complexity index is 884. The van der Waals surface area contributed by atoms with Gasteiger partial charge < -0.3 is 15.0 Å². The van der Waals surface area contributed by atoms with Crippen LogP contribution in [0.1, 0.15) is 24.2 Å². The van der Waals surface area contributed by atoms with E-state index in [1.807, 2.05) is 0 Å². The highest BCUT2D eigenvalue weighted by Gasteiger charge is 2.25. The van der Waals surface area contributed by atoms with Crippen molar-refractivity contribution in [2.75, 3.05) is 19.0 Å². The van der Waals surface area contributed by atoms with Crippen LogP contribution < -0.4 is 10.1 Å². The van der Waals surface area contributed by atoms with Crippen LogP contribution in [0.5, 0.6) is 5.75 Å². The van der Waals surface area contributed by atoms with Gasteiger partial charge in [0.2, 0.25) is 5.91 Å². The second kappa shape index (κ2) is 8.94. The van der Waals surface area contributed by atoms with Crippen LogP contribution in [0, 0.1) is 15.9 Å². The average molecular weight is 389 g/mol. The molecule has 0 aliphatic heterocycles. The lowest BCUT2D eigenvalue weighted by Crippen LogP contribution is -2.42. The van der Waals surface area contributed by atoms with Crippen LogP contribution in [0.15, 0.2) is 42.5 Å². The molecule has 1 N–H and O–H groups in total. The summed E-state index contributed by atoms with van der Waals surface area (Å²) in [5.74, 6) is -1.41. The van der Waals surface area contributed by atoms with Crippen LogP contribution in [0.2, 0.25) is 0 Å². The summed E-state index contributed by atoms with van der Waals surface area (Å²) in [7, 11) is 1.30. The van der Waals surface area contributed by atoms with Crippen molar-refractivity contribution < 1.29 is 23.6 Å². The molecule has 0 spiro atoms. The van der Waals surface area contributed by atoms with E-state index >= 15 is 0 Å². The van der Waals surface area contributed by atoms with E-state index in [-0.39, 0.29) is 29.6 Å². The van der Waals surface area contributed by atoms with Crippen LogP contribution in [0.4, 0.5) is 15.8 Å². The van der Waals surface area contributed by atoms with Gasteiger partial charge in [-0.15, -0.1) is 0 Å². The third-order valence-corrected chi connectivity index (χ3v) is 3.95. The highest BCUT2D eigenvalue weighted by atomic mass is 19.1. The molecule has 2 aromatic rings. The number of ether oxygens (including phenoxy) is 1. The van der Waals surface area contributed by atoms with Crippen LogP contribution in [-0.2, 0) is 4.79 Å². The van der Waals surface area contributed by atoms with Crippen molar-refractivity contribution >= 4 is 23.2 Å². The molecule has 0 fully saturated rings. The van der Waals surface area contributed by atoms with Crippen molar-refractivity contribution in [3.8, 4) is 5.75 Å². The Morgan fingerprint density at radius 1 is 1.21 bits per heavy atom. The van der Waals surface area contributed by atoms with E-state index in [1.54, 1.807) is 13.8 Å². The summed E-state index contributed by atoms with van der Waals surface area (Å²) in [6.07, 6.45) is 0. The fourth-order valence-corrected chi connectivity index (χ4v) is 2.51. The molecule has 2 amide bonds. The number of amides is 2. The second-order valence-corrected chi connectivity index (χ2v) is 6.23. The number of halogens is 1. The smallest absolute Gasteiger partial charge is 0.311 e. The van der Waals surface area contributed by atoms with Crippen molar-refractivity contribution in [2.45, 2.75) is 19.9 Å². The number of nitrogens with one attached hydrogen (secondary N) is 1. The summed E-state index contributed by atoms with van der Waals surface area (Å²) >= 11 is 0. The number of hydrogen-bond acceptors (Lipinski definition) is 5. The minimum Gasteiger partial charge on any atom is -0.490 e. The Balaban J connectivity index is 2.19. The highest BCUT2D eigenvalue weighted by Crippen LogP contribution is 2.28. The number of benzene rings is 2. The minimum absolute atomic E-state index is 0.0340. The molecule has 0 unspecified atom stereocenters. The molecule has 0 aliphatic rings. The van der Waals surface area contributed by atoms with Crippen LogP contribution in [0.3, 0.4) is 0 Å². The van der Waals surface area contributed by atoms with E-state index in [0.717, 1.165) is 6.07 Å². The zero-order chi connectivity index (χ0) is 20.8. The molecule has 9 heteroatoms. The number of carbonyl (C=O) groups excluding carboxylic acids is 2. The number of nitro benzene ring substituents is 1. The van der Waals surface area contributed by atoms with Gasteiger partial charge in [-0.2, -0.15) is 0 Å². The van der Waals surface area contributed by atoms with Gasteiger partial charge in [-0.05, 0) is 50.2 Å². The standard InChI is InChI=1S/C19H20FN3O5/c1-12(2)22(11-18(24)21-15-7-5-14(20)6-8-15)19(25)13-4-9-17(28-3)16(10-13)23(26)27/h4-10,12H,11H2,1-3H3,(H,21,24). The van der Waals surface area contributed by atoms with Crippen LogP contribution >= 0.6 is 0 Å². The predicted molar refractivity (Wildman–Crippen MR) is 101 cm³/mol.